The summed E-state index contributed by atoms with van der Waals surface area (Å²) in [5.41, 5.74) is 2.46. The van der Waals surface area contributed by atoms with Crippen LogP contribution in [0.4, 0.5) is 11.8 Å². The second-order valence-electron chi connectivity index (χ2n) is 7.69. The summed E-state index contributed by atoms with van der Waals surface area (Å²) in [5.74, 6) is 3.92. The molecule has 0 saturated heterocycles. The Morgan fingerprint density at radius 3 is 2.93 bits per heavy atom. The summed E-state index contributed by atoms with van der Waals surface area (Å²) >= 11 is 0. The number of anilines is 2. The van der Waals surface area contributed by atoms with Crippen molar-refractivity contribution in [2.75, 3.05) is 11.9 Å². The lowest BCUT2D eigenvalue weighted by atomic mass is 9.88. The van der Waals surface area contributed by atoms with Gasteiger partial charge in [0.2, 0.25) is 11.8 Å². The van der Waals surface area contributed by atoms with Gasteiger partial charge in [0.05, 0.1) is 18.5 Å². The number of hydrogen-bond donors (Lipinski definition) is 1. The van der Waals surface area contributed by atoms with Gasteiger partial charge in [0.1, 0.15) is 11.6 Å². The molecule has 30 heavy (non-hydrogen) atoms. The molecule has 1 aliphatic heterocycles. The predicted molar refractivity (Wildman–Crippen MR) is 113 cm³/mol. The number of aromatic nitrogens is 7. The molecule has 0 aromatic carbocycles. The highest BCUT2D eigenvalue weighted by Crippen LogP contribution is 2.35. The van der Waals surface area contributed by atoms with Crippen molar-refractivity contribution < 1.29 is 4.74 Å². The second kappa shape index (κ2) is 7.40. The van der Waals surface area contributed by atoms with Gasteiger partial charge in [0.25, 0.3) is 0 Å². The number of rotatable bonds is 5. The lowest BCUT2D eigenvalue weighted by Crippen LogP contribution is -2.13. The van der Waals surface area contributed by atoms with Gasteiger partial charge in [-0.1, -0.05) is 20.3 Å². The van der Waals surface area contributed by atoms with Gasteiger partial charge >= 0.3 is 0 Å². The Labute approximate surface area is 174 Å². The predicted octanol–water partition coefficient (Wildman–Crippen LogP) is 3.58. The van der Waals surface area contributed by atoms with Gasteiger partial charge in [-0.3, -0.25) is 4.68 Å². The number of ether oxygens (including phenoxy) is 1. The third kappa shape index (κ3) is 3.16. The largest absolute Gasteiger partial charge is 0.478 e. The molecule has 0 fully saturated rings. The van der Waals surface area contributed by atoms with Crippen LogP contribution in [0.2, 0.25) is 0 Å². The van der Waals surface area contributed by atoms with E-state index >= 15 is 0 Å². The fourth-order valence-corrected chi connectivity index (χ4v) is 3.93. The molecule has 2 unspecified atom stereocenters. The van der Waals surface area contributed by atoms with Crippen LogP contribution in [0.5, 0.6) is 5.88 Å². The Balaban J connectivity index is 1.54. The zero-order chi connectivity index (χ0) is 20.7. The molecule has 1 N–H and O–H groups in total. The fourth-order valence-electron chi connectivity index (χ4n) is 3.93. The van der Waals surface area contributed by atoms with Crippen LogP contribution < -0.4 is 10.1 Å². The Morgan fingerprint density at radius 1 is 1.23 bits per heavy atom. The normalized spacial score (nSPS) is 16.8. The minimum absolute atomic E-state index is 0.339. The molecule has 4 aromatic heterocycles. The van der Waals surface area contributed by atoms with E-state index < -0.39 is 0 Å². The monoisotopic (exact) mass is 404 g/mol. The maximum Gasteiger partial charge on any atom is 0.228 e. The van der Waals surface area contributed by atoms with Gasteiger partial charge in [-0.05, 0) is 24.5 Å². The van der Waals surface area contributed by atoms with Crippen LogP contribution in [-0.2, 0) is 7.05 Å². The molecule has 0 aliphatic carbocycles. The molecule has 5 rings (SSSR count). The third-order valence-corrected chi connectivity index (χ3v) is 5.85. The van der Waals surface area contributed by atoms with E-state index in [9.17, 15) is 0 Å². The maximum atomic E-state index is 6.11. The Bertz CT molecular complexity index is 1200. The van der Waals surface area contributed by atoms with Gasteiger partial charge < -0.3 is 10.1 Å². The van der Waals surface area contributed by atoms with Crippen molar-refractivity contribution >= 4 is 17.4 Å². The van der Waals surface area contributed by atoms with Crippen molar-refractivity contribution in [3.63, 3.8) is 0 Å². The smallest absolute Gasteiger partial charge is 0.228 e. The van der Waals surface area contributed by atoms with Crippen LogP contribution in [0, 0.1) is 5.92 Å². The van der Waals surface area contributed by atoms with E-state index in [1.807, 2.05) is 35.7 Å². The van der Waals surface area contributed by atoms with Crippen molar-refractivity contribution in [3.8, 4) is 17.1 Å². The Kier molecular flexibility index (Phi) is 4.57. The molecule has 154 valence electrons. The second-order valence-corrected chi connectivity index (χ2v) is 7.69. The molecule has 1 aliphatic rings. The van der Waals surface area contributed by atoms with Gasteiger partial charge in [-0.15, -0.1) is 10.2 Å². The topological polar surface area (TPSA) is 95.0 Å². The van der Waals surface area contributed by atoms with Crippen molar-refractivity contribution in [2.45, 2.75) is 32.6 Å². The Morgan fingerprint density at radius 2 is 2.13 bits per heavy atom. The van der Waals surface area contributed by atoms with Crippen molar-refractivity contribution in [3.05, 3.63) is 42.5 Å². The molecular weight excluding hydrogens is 380 g/mol. The van der Waals surface area contributed by atoms with Crippen molar-refractivity contribution in [1.82, 2.24) is 34.3 Å². The number of aryl methyl sites for hydroxylation is 1. The molecule has 9 nitrogen and oxygen atoms in total. The molecule has 0 amide bonds. The van der Waals surface area contributed by atoms with E-state index in [-0.39, 0.29) is 0 Å². The summed E-state index contributed by atoms with van der Waals surface area (Å²) in [4.78, 5) is 9.00. The van der Waals surface area contributed by atoms with Gasteiger partial charge in [0, 0.05) is 36.9 Å². The summed E-state index contributed by atoms with van der Waals surface area (Å²) in [7, 11) is 1.86. The highest BCUT2D eigenvalue weighted by atomic mass is 16.5. The average molecular weight is 404 g/mol. The summed E-state index contributed by atoms with van der Waals surface area (Å²) < 4.78 is 9.89. The minimum atomic E-state index is 0.339. The molecule has 4 aromatic rings. The van der Waals surface area contributed by atoms with Crippen LogP contribution in [0.3, 0.4) is 0 Å². The van der Waals surface area contributed by atoms with Crippen LogP contribution in [-0.4, -0.2) is 41.0 Å². The molecule has 9 heteroatoms. The first-order valence-electron chi connectivity index (χ1n) is 10.2. The van der Waals surface area contributed by atoms with Crippen LogP contribution in [0.25, 0.3) is 16.9 Å². The van der Waals surface area contributed by atoms with Crippen LogP contribution >= 0.6 is 0 Å². The minimum Gasteiger partial charge on any atom is -0.478 e. The first kappa shape index (κ1) is 18.5. The first-order valence-corrected chi connectivity index (χ1v) is 10.2. The van der Waals surface area contributed by atoms with E-state index in [1.54, 1.807) is 17.1 Å². The summed E-state index contributed by atoms with van der Waals surface area (Å²) in [5, 5.41) is 16.3. The van der Waals surface area contributed by atoms with E-state index in [2.05, 4.69) is 44.4 Å². The van der Waals surface area contributed by atoms with Gasteiger partial charge in [-0.2, -0.15) is 5.10 Å². The molecule has 0 radical (unpaired) electrons. The van der Waals surface area contributed by atoms with Gasteiger partial charge in [-0.25, -0.2) is 14.4 Å². The van der Waals surface area contributed by atoms with E-state index in [0.29, 0.717) is 24.4 Å². The lowest BCUT2D eigenvalue weighted by molar-refractivity contribution is 0.280. The molecular formula is C21H24N8O. The summed E-state index contributed by atoms with van der Waals surface area (Å²) in [6.07, 6.45) is 5.49. The third-order valence-electron chi connectivity index (χ3n) is 5.85. The number of hydrogen-bond acceptors (Lipinski definition) is 7. The Hall–Kier alpha value is -3.49. The molecule has 5 heterocycles. The van der Waals surface area contributed by atoms with Crippen molar-refractivity contribution in [2.24, 2.45) is 13.0 Å². The van der Waals surface area contributed by atoms with Crippen molar-refractivity contribution in [1.29, 1.82) is 0 Å². The summed E-state index contributed by atoms with van der Waals surface area (Å²) in [6, 6.07) is 7.76. The molecule has 0 saturated carbocycles. The van der Waals surface area contributed by atoms with Gasteiger partial charge in [0.15, 0.2) is 5.65 Å². The van der Waals surface area contributed by atoms with Crippen LogP contribution in [0.15, 0.2) is 36.7 Å². The number of nitrogens with zero attached hydrogens (tertiary/aromatic N) is 7. The summed E-state index contributed by atoms with van der Waals surface area (Å²) in [6.45, 7) is 5.14. The highest BCUT2D eigenvalue weighted by Gasteiger charge is 2.28. The maximum absolute atomic E-state index is 6.11. The fraction of sp³-hybridized carbons (Fsp3) is 0.381. The SMILES string of the molecule is CCC(C)C1CCOc2cc(-c3ccnc(Nc4ccnn4C)n3)cc3nnc1n23. The zero-order valence-corrected chi connectivity index (χ0v) is 17.3. The van der Waals surface area contributed by atoms with E-state index in [0.717, 1.165) is 47.3 Å². The standard InChI is InChI=1S/C21H24N8O/c1-4-13(2)15-7-10-30-19-12-14(11-18-26-27-20(15)29(18)19)16-5-8-22-21(24-16)25-17-6-9-23-28(17)3/h5-6,8-9,11-13,15H,4,7,10H2,1-3H3,(H,22,24,25). The molecule has 2 atom stereocenters. The quantitative estimate of drug-likeness (QED) is 0.543. The molecule has 0 bridgehead atoms. The zero-order valence-electron chi connectivity index (χ0n) is 17.3. The number of nitrogens with one attached hydrogen (secondary N) is 1. The average Bonchev–Trinajstić information content (AvgIpc) is 3.31. The lowest BCUT2D eigenvalue weighted by Gasteiger charge is -2.18. The van der Waals surface area contributed by atoms with E-state index in [1.165, 1.54) is 0 Å². The highest BCUT2D eigenvalue weighted by molar-refractivity contribution is 5.67. The molecule has 0 spiro atoms. The van der Waals surface area contributed by atoms with E-state index in [4.69, 9.17) is 4.74 Å². The van der Waals surface area contributed by atoms with Crippen LogP contribution in [0.1, 0.15) is 38.4 Å². The number of pyridine rings is 1. The first-order chi connectivity index (χ1) is 14.6.